The maximum Gasteiger partial charge on any atom is 0.387 e. The lowest BCUT2D eigenvalue weighted by Gasteiger charge is -2.22. The Hall–Kier alpha value is -5.65. The highest BCUT2D eigenvalue weighted by Crippen LogP contribution is 2.40. The van der Waals surface area contributed by atoms with Crippen LogP contribution < -0.4 is 9.47 Å². The van der Waals surface area contributed by atoms with Gasteiger partial charge in [0.2, 0.25) is 5.89 Å². The molecule has 0 spiro atoms. The van der Waals surface area contributed by atoms with Crippen molar-refractivity contribution in [2.24, 2.45) is 0 Å². The van der Waals surface area contributed by atoms with Gasteiger partial charge in [0.15, 0.2) is 5.58 Å². The number of aromatic nitrogens is 1. The van der Waals surface area contributed by atoms with Crippen molar-refractivity contribution >= 4 is 17.1 Å². The third-order valence-electron chi connectivity index (χ3n) is 11.5. The second-order valence-corrected chi connectivity index (χ2v) is 15.3. The van der Waals surface area contributed by atoms with E-state index in [0.717, 1.165) is 75.5 Å². The summed E-state index contributed by atoms with van der Waals surface area (Å²) in [5.74, 6) is -0.0722. The van der Waals surface area contributed by atoms with Crippen LogP contribution in [-0.2, 0) is 24.3 Å². The number of alkyl halides is 2. The van der Waals surface area contributed by atoms with Gasteiger partial charge in [-0.2, -0.15) is 8.78 Å². The van der Waals surface area contributed by atoms with Crippen molar-refractivity contribution in [2.45, 2.75) is 71.7 Å². The van der Waals surface area contributed by atoms with E-state index in [-0.39, 0.29) is 23.7 Å². The van der Waals surface area contributed by atoms with E-state index in [0.29, 0.717) is 49.4 Å². The highest BCUT2D eigenvalue weighted by atomic mass is 19.3. The Morgan fingerprint density at radius 3 is 2.26 bits per heavy atom. The molecule has 0 saturated carbocycles. The second kappa shape index (κ2) is 17.1. The number of carboxylic acid groups (broad SMARTS) is 1. The Balaban J connectivity index is 1.09. The quantitative estimate of drug-likeness (QED) is 0.117. The third kappa shape index (κ3) is 8.47. The molecule has 1 unspecified atom stereocenters. The lowest BCUT2D eigenvalue weighted by molar-refractivity contribution is -0.142. The van der Waals surface area contributed by atoms with Gasteiger partial charge < -0.3 is 19.0 Å². The van der Waals surface area contributed by atoms with Gasteiger partial charge in [0.25, 0.3) is 0 Å². The number of fused-ring (bicyclic) bond motifs is 1. The van der Waals surface area contributed by atoms with E-state index in [4.69, 9.17) is 18.9 Å². The van der Waals surface area contributed by atoms with Crippen molar-refractivity contribution in [1.82, 2.24) is 14.8 Å². The summed E-state index contributed by atoms with van der Waals surface area (Å²) in [5, 5.41) is 9.70. The highest BCUT2D eigenvalue weighted by molar-refractivity contribution is 5.85. The van der Waals surface area contributed by atoms with Crippen LogP contribution in [0.4, 0.5) is 13.2 Å². The molecule has 8 nitrogen and oxygen atoms in total. The summed E-state index contributed by atoms with van der Waals surface area (Å²) >= 11 is 0. The van der Waals surface area contributed by atoms with Gasteiger partial charge in [-0.15, -0.1) is 0 Å². The molecular weight excluding hydrogens is 744 g/mol. The van der Waals surface area contributed by atoms with Crippen molar-refractivity contribution in [3.05, 3.63) is 125 Å². The molecule has 0 aliphatic carbocycles. The summed E-state index contributed by atoms with van der Waals surface area (Å²) in [6.45, 7) is 5.17. The number of benzene rings is 5. The molecule has 11 heteroatoms. The number of nitrogens with zero attached hydrogens (tertiary/aromatic N) is 3. The van der Waals surface area contributed by atoms with Crippen molar-refractivity contribution in [2.75, 3.05) is 26.2 Å². The summed E-state index contributed by atoms with van der Waals surface area (Å²) in [6, 6.07) is 27.6. The average molecular weight is 790 g/mol. The summed E-state index contributed by atoms with van der Waals surface area (Å²) in [4.78, 5) is 20.9. The number of carbonyl (C=O) groups is 1. The van der Waals surface area contributed by atoms with Gasteiger partial charge in [-0.3, -0.25) is 14.6 Å². The van der Waals surface area contributed by atoms with E-state index < -0.39 is 18.6 Å². The van der Waals surface area contributed by atoms with E-state index in [1.807, 2.05) is 19.1 Å². The molecule has 8 rings (SSSR count). The van der Waals surface area contributed by atoms with Crippen LogP contribution in [0.3, 0.4) is 0 Å². The minimum atomic E-state index is -3.06. The van der Waals surface area contributed by atoms with Crippen LogP contribution in [-0.4, -0.2) is 64.8 Å². The number of halogens is 3. The molecule has 3 heterocycles. The van der Waals surface area contributed by atoms with Crippen molar-refractivity contribution < 1.29 is 37.0 Å². The predicted molar refractivity (Wildman–Crippen MR) is 218 cm³/mol. The number of aliphatic carboxylic acids is 1. The summed E-state index contributed by atoms with van der Waals surface area (Å²) in [7, 11) is 0. The zero-order chi connectivity index (χ0) is 40.3. The van der Waals surface area contributed by atoms with Crippen LogP contribution in [0.2, 0.25) is 0 Å². The molecule has 6 aromatic rings. The molecule has 0 bridgehead atoms. The maximum atomic E-state index is 13.6. The van der Waals surface area contributed by atoms with E-state index in [9.17, 15) is 23.1 Å². The van der Waals surface area contributed by atoms with E-state index in [1.165, 1.54) is 31.0 Å². The third-order valence-corrected chi connectivity index (χ3v) is 11.5. The fourth-order valence-electron chi connectivity index (χ4n) is 8.45. The molecule has 0 radical (unpaired) electrons. The normalized spacial score (nSPS) is 16.1. The summed E-state index contributed by atoms with van der Waals surface area (Å²) in [5.41, 5.74) is 10.3. The van der Waals surface area contributed by atoms with Crippen LogP contribution >= 0.6 is 0 Å². The van der Waals surface area contributed by atoms with Gasteiger partial charge >= 0.3 is 12.6 Å². The Labute approximate surface area is 335 Å². The van der Waals surface area contributed by atoms with Crippen LogP contribution in [0.5, 0.6) is 11.5 Å². The molecule has 300 valence electrons. The molecule has 0 amide bonds. The number of hydrogen-bond acceptors (Lipinski definition) is 7. The minimum absolute atomic E-state index is 0.0651. The zero-order valence-corrected chi connectivity index (χ0v) is 32.6. The first-order valence-corrected chi connectivity index (χ1v) is 19.9. The SMILES string of the molecule is Cc1c(-c2ccc(CN3CCCC3)c(OCCc3ccc(F)cc3)c2)cccc1-c1cccc(-c2nc3cc(CN4CCCC4C(=O)O)c(OC(F)F)cc3o2)c1C. The highest BCUT2D eigenvalue weighted by Gasteiger charge is 2.31. The summed E-state index contributed by atoms with van der Waals surface area (Å²) in [6.07, 6.45) is 4.26. The molecule has 58 heavy (non-hydrogen) atoms. The molecule has 1 N–H and O–H groups in total. The van der Waals surface area contributed by atoms with Gasteiger partial charge in [-0.1, -0.05) is 54.6 Å². The molecule has 2 fully saturated rings. The lowest BCUT2D eigenvalue weighted by Crippen LogP contribution is -2.35. The van der Waals surface area contributed by atoms with Crippen LogP contribution in [0, 0.1) is 19.7 Å². The first kappa shape index (κ1) is 39.2. The van der Waals surface area contributed by atoms with Gasteiger partial charge in [0.1, 0.15) is 28.9 Å². The number of oxazole rings is 1. The monoisotopic (exact) mass is 789 g/mol. The van der Waals surface area contributed by atoms with Gasteiger partial charge in [0, 0.05) is 42.3 Å². The molecule has 1 atom stereocenters. The topological polar surface area (TPSA) is 88.3 Å². The van der Waals surface area contributed by atoms with Crippen LogP contribution in [0.1, 0.15) is 53.5 Å². The van der Waals surface area contributed by atoms with Crippen molar-refractivity contribution in [3.63, 3.8) is 0 Å². The average Bonchev–Trinajstić information content (AvgIpc) is 3.99. The Bertz CT molecular complexity index is 2430. The van der Waals surface area contributed by atoms with Crippen LogP contribution in [0.15, 0.2) is 95.4 Å². The molecule has 1 aromatic heterocycles. The molecule has 2 aliphatic heterocycles. The number of ether oxygens (including phenoxy) is 2. The molecule has 2 aliphatic rings. The van der Waals surface area contributed by atoms with Crippen LogP contribution in [0.25, 0.3) is 44.8 Å². The van der Waals surface area contributed by atoms with Crippen molar-refractivity contribution in [3.8, 4) is 45.2 Å². The number of carboxylic acids is 1. The minimum Gasteiger partial charge on any atom is -0.493 e. The number of hydrogen-bond donors (Lipinski definition) is 1. The van der Waals surface area contributed by atoms with E-state index >= 15 is 0 Å². The second-order valence-electron chi connectivity index (χ2n) is 15.3. The van der Waals surface area contributed by atoms with Gasteiger partial charge in [0.05, 0.1) is 6.61 Å². The Morgan fingerprint density at radius 1 is 0.828 bits per heavy atom. The smallest absolute Gasteiger partial charge is 0.387 e. The van der Waals surface area contributed by atoms with E-state index in [2.05, 4.69) is 54.3 Å². The lowest BCUT2D eigenvalue weighted by atomic mass is 9.89. The fourth-order valence-corrected chi connectivity index (χ4v) is 8.45. The van der Waals surface area contributed by atoms with Gasteiger partial charge in [-0.05, 0) is 128 Å². The largest absolute Gasteiger partial charge is 0.493 e. The predicted octanol–water partition coefficient (Wildman–Crippen LogP) is 10.5. The first-order valence-electron chi connectivity index (χ1n) is 19.9. The Kier molecular flexibility index (Phi) is 11.5. The standard InChI is InChI=1S/C47H46F3N3O5/c1-29-36(32-15-16-33(27-52-20-3-4-21-52)42(25-32)56-23-19-31-13-17-35(48)18-14-31)8-5-9-37(29)38-10-6-11-39(30(38)2)45-51-40-24-34(28-53-22-7-12-41(53)46(54)55)43(58-47(49)50)26-44(40)57-45/h5-6,8-11,13-18,24-26,41,47H,3-4,7,12,19-23,27-28H2,1-2H3,(H,54,55). The molecule has 2 saturated heterocycles. The molecule has 5 aromatic carbocycles. The zero-order valence-electron chi connectivity index (χ0n) is 32.6. The maximum absolute atomic E-state index is 13.6. The number of likely N-dealkylation sites (tertiary alicyclic amines) is 2. The number of rotatable bonds is 14. The van der Waals surface area contributed by atoms with Crippen molar-refractivity contribution in [1.29, 1.82) is 0 Å². The first-order chi connectivity index (χ1) is 28.1. The summed E-state index contributed by atoms with van der Waals surface area (Å²) < 4.78 is 58.2. The fraction of sp³-hybridized carbons (Fsp3) is 0.319. The van der Waals surface area contributed by atoms with E-state index in [1.54, 1.807) is 23.1 Å². The molecular formula is C47H46F3N3O5. The Morgan fingerprint density at radius 2 is 1.53 bits per heavy atom. The van der Waals surface area contributed by atoms with Gasteiger partial charge in [-0.25, -0.2) is 9.37 Å².